The quantitative estimate of drug-likeness (QED) is 0.653. The van der Waals surface area contributed by atoms with Crippen LogP contribution >= 0.6 is 0 Å². The highest BCUT2D eigenvalue weighted by atomic mass is 19.3. The van der Waals surface area contributed by atoms with Gasteiger partial charge in [0, 0.05) is 25.7 Å². The molecule has 0 radical (unpaired) electrons. The van der Waals surface area contributed by atoms with Crippen molar-refractivity contribution in [2.75, 3.05) is 13.1 Å². The van der Waals surface area contributed by atoms with E-state index in [1.807, 2.05) is 0 Å². The summed E-state index contributed by atoms with van der Waals surface area (Å²) in [7, 11) is 0. The summed E-state index contributed by atoms with van der Waals surface area (Å²) in [6, 6.07) is 5.27. The number of nitrogens with zero attached hydrogens (tertiary/aromatic N) is 2. The van der Waals surface area contributed by atoms with Crippen molar-refractivity contribution in [3.05, 3.63) is 35.7 Å². The third-order valence-electron chi connectivity index (χ3n) is 7.61. The SMILES string of the molecule is O=C(Cc1cc2c(C(=O)NCC34CC5CC(CC(C5)C3)C4)cccn2n1)NCCC(F)F. The van der Waals surface area contributed by atoms with Crippen molar-refractivity contribution in [1.29, 1.82) is 0 Å². The molecule has 2 N–H and O–H groups in total. The maximum Gasteiger partial charge on any atom is 0.253 e. The number of pyridine rings is 1. The molecule has 4 aliphatic rings. The molecule has 2 heterocycles. The summed E-state index contributed by atoms with van der Waals surface area (Å²) >= 11 is 0. The number of aromatic nitrogens is 2. The summed E-state index contributed by atoms with van der Waals surface area (Å²) in [6.07, 6.45) is 6.75. The van der Waals surface area contributed by atoms with E-state index in [-0.39, 0.29) is 36.6 Å². The lowest BCUT2D eigenvalue weighted by Crippen LogP contribution is -2.51. The van der Waals surface area contributed by atoms with Gasteiger partial charge in [-0.25, -0.2) is 13.3 Å². The van der Waals surface area contributed by atoms with Crippen LogP contribution in [0, 0.1) is 23.2 Å². The van der Waals surface area contributed by atoms with Gasteiger partial charge in [0.1, 0.15) is 0 Å². The first-order valence-electron chi connectivity index (χ1n) is 11.7. The zero-order valence-corrected chi connectivity index (χ0v) is 18.2. The van der Waals surface area contributed by atoms with Crippen LogP contribution in [-0.4, -0.2) is 40.9 Å². The van der Waals surface area contributed by atoms with Crippen LogP contribution < -0.4 is 10.6 Å². The fourth-order valence-electron chi connectivity index (χ4n) is 6.76. The summed E-state index contributed by atoms with van der Waals surface area (Å²) in [6.45, 7) is 0.659. The Morgan fingerprint density at radius 2 is 1.81 bits per heavy atom. The number of hydrogen-bond acceptors (Lipinski definition) is 3. The zero-order valence-electron chi connectivity index (χ0n) is 18.2. The van der Waals surface area contributed by atoms with E-state index < -0.39 is 6.43 Å². The number of rotatable bonds is 8. The third kappa shape index (κ3) is 4.36. The van der Waals surface area contributed by atoms with Crippen molar-refractivity contribution in [2.24, 2.45) is 23.2 Å². The second-order valence-electron chi connectivity index (χ2n) is 10.2. The first kappa shape index (κ1) is 21.3. The number of halogens is 2. The van der Waals surface area contributed by atoms with E-state index in [2.05, 4.69) is 15.7 Å². The number of amides is 2. The van der Waals surface area contributed by atoms with Gasteiger partial charge in [0.05, 0.1) is 23.2 Å². The van der Waals surface area contributed by atoms with Crippen molar-refractivity contribution in [1.82, 2.24) is 20.2 Å². The molecular weight excluding hydrogens is 414 g/mol. The van der Waals surface area contributed by atoms with E-state index in [1.54, 1.807) is 28.9 Å². The molecule has 0 spiro atoms. The van der Waals surface area contributed by atoms with Gasteiger partial charge in [-0.05, 0) is 79.9 Å². The van der Waals surface area contributed by atoms with Gasteiger partial charge >= 0.3 is 0 Å². The van der Waals surface area contributed by atoms with Crippen molar-refractivity contribution in [3.63, 3.8) is 0 Å². The highest BCUT2D eigenvalue weighted by molar-refractivity contribution is 6.00. The Labute approximate surface area is 186 Å². The van der Waals surface area contributed by atoms with Gasteiger partial charge in [0.25, 0.3) is 5.91 Å². The molecule has 6 nitrogen and oxygen atoms in total. The second-order valence-corrected chi connectivity index (χ2v) is 10.2. The van der Waals surface area contributed by atoms with E-state index in [1.165, 1.54) is 38.5 Å². The molecule has 2 amide bonds. The molecule has 0 aliphatic heterocycles. The fraction of sp³-hybridized carbons (Fsp3) is 0.625. The lowest BCUT2D eigenvalue weighted by atomic mass is 9.49. The molecule has 4 bridgehead atoms. The highest BCUT2D eigenvalue weighted by Gasteiger charge is 2.50. The molecule has 4 saturated carbocycles. The summed E-state index contributed by atoms with van der Waals surface area (Å²) in [4.78, 5) is 25.1. The first-order chi connectivity index (χ1) is 15.4. The lowest BCUT2D eigenvalue weighted by molar-refractivity contribution is -0.120. The number of fused-ring (bicyclic) bond motifs is 1. The molecule has 172 valence electrons. The molecule has 4 aliphatic carbocycles. The fourth-order valence-corrected chi connectivity index (χ4v) is 6.76. The van der Waals surface area contributed by atoms with Gasteiger partial charge in [0.2, 0.25) is 12.3 Å². The maximum absolute atomic E-state index is 13.1. The number of carbonyl (C=O) groups is 2. The number of nitrogens with one attached hydrogen (secondary N) is 2. The Bertz CT molecular complexity index is 983. The third-order valence-corrected chi connectivity index (χ3v) is 7.61. The number of carbonyl (C=O) groups excluding carboxylic acids is 2. The van der Waals surface area contributed by atoms with Crippen LogP contribution in [0.1, 0.15) is 61.0 Å². The van der Waals surface area contributed by atoms with Crippen LogP contribution in [0.15, 0.2) is 24.4 Å². The molecule has 8 heteroatoms. The molecule has 2 aromatic heterocycles. The molecule has 0 atom stereocenters. The summed E-state index contributed by atoms with van der Waals surface area (Å²) in [5, 5.41) is 10.1. The Kier molecular flexibility index (Phi) is 5.63. The lowest BCUT2D eigenvalue weighted by Gasteiger charge is -2.56. The maximum atomic E-state index is 13.1. The Morgan fingerprint density at radius 1 is 1.12 bits per heavy atom. The van der Waals surface area contributed by atoms with Crippen LogP contribution in [0.4, 0.5) is 8.78 Å². The standard InChI is InChI=1S/C24H30F2N4O2/c25-21(26)3-4-27-22(31)10-18-9-20-19(2-1-5-30(20)29-18)23(32)28-14-24-11-15-6-16(12-24)8-17(7-15)13-24/h1-2,5,9,15-17,21H,3-4,6-8,10-14H2,(H,27,31)(H,28,32). The van der Waals surface area contributed by atoms with E-state index in [0.29, 0.717) is 16.8 Å². The van der Waals surface area contributed by atoms with E-state index in [9.17, 15) is 18.4 Å². The first-order valence-corrected chi connectivity index (χ1v) is 11.7. The molecule has 0 aromatic carbocycles. The minimum absolute atomic E-state index is 0.0146. The average Bonchev–Trinajstić information content (AvgIpc) is 3.13. The predicted molar refractivity (Wildman–Crippen MR) is 115 cm³/mol. The number of alkyl halides is 2. The molecule has 0 saturated heterocycles. The normalized spacial score (nSPS) is 28.4. The Morgan fingerprint density at radius 3 is 2.47 bits per heavy atom. The monoisotopic (exact) mass is 444 g/mol. The topological polar surface area (TPSA) is 75.5 Å². The summed E-state index contributed by atoms with van der Waals surface area (Å²) < 4.78 is 26.1. The minimum Gasteiger partial charge on any atom is -0.356 e. The predicted octanol–water partition coefficient (Wildman–Crippen LogP) is 3.59. The summed E-state index contributed by atoms with van der Waals surface area (Å²) in [5.41, 5.74) is 1.94. The molecule has 0 unspecified atom stereocenters. The van der Waals surface area contributed by atoms with Crippen LogP contribution in [0.25, 0.3) is 5.52 Å². The van der Waals surface area contributed by atoms with Crippen LogP contribution in [0.3, 0.4) is 0 Å². The van der Waals surface area contributed by atoms with E-state index in [4.69, 9.17) is 0 Å². The van der Waals surface area contributed by atoms with Gasteiger partial charge in [-0.1, -0.05) is 0 Å². The van der Waals surface area contributed by atoms with Gasteiger partial charge in [-0.2, -0.15) is 5.10 Å². The van der Waals surface area contributed by atoms with Crippen molar-refractivity contribution < 1.29 is 18.4 Å². The molecule has 32 heavy (non-hydrogen) atoms. The van der Waals surface area contributed by atoms with Crippen molar-refractivity contribution in [2.45, 2.75) is 57.8 Å². The molecule has 4 fully saturated rings. The Hall–Kier alpha value is -2.51. The minimum atomic E-state index is -2.44. The molecule has 6 rings (SSSR count). The van der Waals surface area contributed by atoms with Crippen LogP contribution in [-0.2, 0) is 11.2 Å². The van der Waals surface area contributed by atoms with Crippen LogP contribution in [0.5, 0.6) is 0 Å². The highest BCUT2D eigenvalue weighted by Crippen LogP contribution is 2.59. The smallest absolute Gasteiger partial charge is 0.253 e. The zero-order chi connectivity index (χ0) is 22.3. The van der Waals surface area contributed by atoms with Gasteiger partial charge in [0.15, 0.2) is 0 Å². The van der Waals surface area contributed by atoms with Crippen molar-refractivity contribution >= 4 is 17.3 Å². The van der Waals surface area contributed by atoms with E-state index in [0.717, 1.165) is 24.3 Å². The van der Waals surface area contributed by atoms with E-state index >= 15 is 0 Å². The Balaban J connectivity index is 1.24. The largest absolute Gasteiger partial charge is 0.356 e. The second kappa shape index (κ2) is 8.45. The average molecular weight is 445 g/mol. The molecular formula is C24H30F2N4O2. The van der Waals surface area contributed by atoms with Gasteiger partial charge in [-0.3, -0.25) is 9.59 Å². The number of hydrogen-bond donors (Lipinski definition) is 2. The molecule has 2 aromatic rings. The van der Waals surface area contributed by atoms with Crippen molar-refractivity contribution in [3.8, 4) is 0 Å². The summed E-state index contributed by atoms with van der Waals surface area (Å²) in [5.74, 6) is 2.04. The van der Waals surface area contributed by atoms with Gasteiger partial charge in [-0.15, -0.1) is 0 Å². The van der Waals surface area contributed by atoms with Crippen LogP contribution in [0.2, 0.25) is 0 Å². The van der Waals surface area contributed by atoms with Gasteiger partial charge < -0.3 is 10.6 Å².